The minimum absolute atomic E-state index is 0.00781. The van der Waals surface area contributed by atoms with Crippen LogP contribution >= 0.6 is 11.6 Å². The van der Waals surface area contributed by atoms with Crippen molar-refractivity contribution in [3.63, 3.8) is 0 Å². The number of phenols is 1. The van der Waals surface area contributed by atoms with Crippen LogP contribution in [0.3, 0.4) is 0 Å². The van der Waals surface area contributed by atoms with Crippen molar-refractivity contribution in [2.24, 2.45) is 0 Å². The molecule has 3 aromatic rings. The standard InChI is InChI=1S/C22H21ClO5/c1-13(2)4-9-16-20(27-12-26-3)11-18(25)21-17(24)10-19(28-22(16)21)14-5-7-15(23)8-6-14/h4-8,10-11,25H,9,12H2,1-3H3. The van der Waals surface area contributed by atoms with Crippen molar-refractivity contribution in [3.8, 4) is 22.8 Å². The van der Waals surface area contributed by atoms with E-state index in [-0.39, 0.29) is 23.4 Å². The molecule has 1 aromatic heterocycles. The fraction of sp³-hybridized carbons (Fsp3) is 0.227. The molecule has 5 nitrogen and oxygen atoms in total. The Bertz CT molecular complexity index is 1080. The largest absolute Gasteiger partial charge is 0.507 e. The molecule has 0 unspecified atom stereocenters. The van der Waals surface area contributed by atoms with Gasteiger partial charge in [-0.05, 0) is 44.5 Å². The number of hydrogen-bond donors (Lipinski definition) is 1. The summed E-state index contributed by atoms with van der Waals surface area (Å²) >= 11 is 5.95. The minimum atomic E-state index is -0.333. The Morgan fingerprint density at radius 1 is 1.21 bits per heavy atom. The summed E-state index contributed by atoms with van der Waals surface area (Å²) in [5, 5.41) is 11.1. The summed E-state index contributed by atoms with van der Waals surface area (Å²) in [7, 11) is 1.51. The Kier molecular flexibility index (Phi) is 6.07. The molecule has 6 heteroatoms. The molecule has 146 valence electrons. The highest BCUT2D eigenvalue weighted by atomic mass is 35.5. The van der Waals surface area contributed by atoms with Gasteiger partial charge in [-0.1, -0.05) is 23.3 Å². The van der Waals surface area contributed by atoms with E-state index in [4.69, 9.17) is 25.5 Å². The number of fused-ring (bicyclic) bond motifs is 1. The third-order valence-corrected chi connectivity index (χ3v) is 4.47. The molecule has 0 aliphatic carbocycles. The fourth-order valence-electron chi connectivity index (χ4n) is 2.85. The molecule has 0 saturated carbocycles. The van der Waals surface area contributed by atoms with Crippen LogP contribution in [0.15, 0.2) is 57.3 Å². The second-order valence-electron chi connectivity index (χ2n) is 6.59. The molecule has 0 bridgehead atoms. The van der Waals surface area contributed by atoms with Gasteiger partial charge in [0.1, 0.15) is 28.2 Å². The van der Waals surface area contributed by atoms with Crippen molar-refractivity contribution in [2.45, 2.75) is 20.3 Å². The summed E-state index contributed by atoms with van der Waals surface area (Å²) < 4.78 is 16.7. The van der Waals surface area contributed by atoms with Crippen molar-refractivity contribution < 1.29 is 19.0 Å². The Balaban J connectivity index is 2.28. The predicted molar refractivity (Wildman–Crippen MR) is 110 cm³/mol. The van der Waals surface area contributed by atoms with Gasteiger partial charge in [0, 0.05) is 35.4 Å². The molecule has 0 radical (unpaired) electrons. The second kappa shape index (κ2) is 8.50. The van der Waals surface area contributed by atoms with Crippen molar-refractivity contribution in [2.75, 3.05) is 13.9 Å². The van der Waals surface area contributed by atoms with E-state index in [2.05, 4.69) is 0 Å². The molecule has 0 amide bonds. The lowest BCUT2D eigenvalue weighted by atomic mass is 10.0. The van der Waals surface area contributed by atoms with Crippen LogP contribution in [0.5, 0.6) is 11.5 Å². The SMILES string of the molecule is COCOc1cc(O)c2c(=O)cc(-c3ccc(Cl)cc3)oc2c1CC=C(C)C. The molecule has 0 saturated heterocycles. The van der Waals surface area contributed by atoms with E-state index in [0.29, 0.717) is 39.7 Å². The number of ether oxygens (including phenoxy) is 2. The Morgan fingerprint density at radius 2 is 1.93 bits per heavy atom. The summed E-state index contributed by atoms with van der Waals surface area (Å²) in [5.41, 5.74) is 2.44. The predicted octanol–water partition coefficient (Wildman–Crippen LogP) is 5.31. The average molecular weight is 401 g/mol. The van der Waals surface area contributed by atoms with Crippen LogP contribution in [-0.2, 0) is 11.2 Å². The number of allylic oxidation sites excluding steroid dienone is 2. The first-order valence-corrected chi connectivity index (χ1v) is 9.12. The molecule has 0 aliphatic rings. The van der Waals surface area contributed by atoms with Crippen LogP contribution in [0, 0.1) is 0 Å². The highest BCUT2D eigenvalue weighted by molar-refractivity contribution is 6.30. The van der Waals surface area contributed by atoms with E-state index in [1.807, 2.05) is 19.9 Å². The number of hydrogen-bond acceptors (Lipinski definition) is 5. The molecule has 0 spiro atoms. The maximum absolute atomic E-state index is 12.7. The number of phenolic OH excluding ortho intramolecular Hbond substituents is 1. The highest BCUT2D eigenvalue weighted by Gasteiger charge is 2.19. The first kappa shape index (κ1) is 20.0. The van der Waals surface area contributed by atoms with Crippen LogP contribution in [0.4, 0.5) is 0 Å². The van der Waals surface area contributed by atoms with Crippen LogP contribution in [0.25, 0.3) is 22.3 Å². The van der Waals surface area contributed by atoms with Gasteiger partial charge >= 0.3 is 0 Å². The van der Waals surface area contributed by atoms with Crippen LogP contribution in [0.1, 0.15) is 19.4 Å². The number of rotatable bonds is 6. The normalized spacial score (nSPS) is 10.9. The first-order chi connectivity index (χ1) is 13.4. The zero-order chi connectivity index (χ0) is 20.3. The summed E-state index contributed by atoms with van der Waals surface area (Å²) in [5.74, 6) is 0.593. The summed E-state index contributed by atoms with van der Waals surface area (Å²) in [6.45, 7) is 3.97. The molecule has 0 fully saturated rings. The van der Waals surface area contributed by atoms with Gasteiger partial charge < -0.3 is 19.0 Å². The van der Waals surface area contributed by atoms with E-state index >= 15 is 0 Å². The van der Waals surface area contributed by atoms with E-state index < -0.39 is 0 Å². The average Bonchev–Trinajstić information content (AvgIpc) is 2.65. The smallest absolute Gasteiger partial charge is 0.197 e. The zero-order valence-electron chi connectivity index (χ0n) is 15.9. The monoisotopic (exact) mass is 400 g/mol. The molecule has 28 heavy (non-hydrogen) atoms. The Morgan fingerprint density at radius 3 is 2.57 bits per heavy atom. The zero-order valence-corrected chi connectivity index (χ0v) is 16.7. The van der Waals surface area contributed by atoms with Crippen LogP contribution in [0.2, 0.25) is 5.02 Å². The highest BCUT2D eigenvalue weighted by Crippen LogP contribution is 2.36. The lowest BCUT2D eigenvalue weighted by Gasteiger charge is -2.14. The van der Waals surface area contributed by atoms with Crippen LogP contribution < -0.4 is 10.2 Å². The van der Waals surface area contributed by atoms with Crippen molar-refractivity contribution >= 4 is 22.6 Å². The molecular weight excluding hydrogens is 380 g/mol. The molecule has 3 rings (SSSR count). The van der Waals surface area contributed by atoms with Crippen LogP contribution in [-0.4, -0.2) is 19.0 Å². The molecule has 1 heterocycles. The molecule has 0 atom stereocenters. The van der Waals surface area contributed by atoms with Gasteiger partial charge in [0.15, 0.2) is 12.2 Å². The first-order valence-electron chi connectivity index (χ1n) is 8.74. The van der Waals surface area contributed by atoms with Crippen molar-refractivity contribution in [3.05, 3.63) is 68.9 Å². The molecular formula is C22H21ClO5. The Labute approximate surface area is 167 Å². The number of halogens is 1. The Hall–Kier alpha value is -2.76. The van der Waals surface area contributed by atoms with Gasteiger partial charge in [-0.2, -0.15) is 0 Å². The quantitative estimate of drug-likeness (QED) is 0.448. The summed E-state index contributed by atoms with van der Waals surface area (Å²) in [6.07, 6.45) is 2.48. The lowest BCUT2D eigenvalue weighted by molar-refractivity contribution is 0.0504. The number of aromatic hydroxyl groups is 1. The topological polar surface area (TPSA) is 68.9 Å². The number of methoxy groups -OCH3 is 1. The van der Waals surface area contributed by atoms with E-state index in [9.17, 15) is 9.90 Å². The van der Waals surface area contributed by atoms with Crippen molar-refractivity contribution in [1.82, 2.24) is 0 Å². The second-order valence-corrected chi connectivity index (χ2v) is 7.03. The fourth-order valence-corrected chi connectivity index (χ4v) is 2.98. The van der Waals surface area contributed by atoms with Gasteiger partial charge in [0.25, 0.3) is 0 Å². The van der Waals surface area contributed by atoms with Gasteiger partial charge in [-0.15, -0.1) is 0 Å². The maximum Gasteiger partial charge on any atom is 0.197 e. The molecule has 1 N–H and O–H groups in total. The van der Waals surface area contributed by atoms with Gasteiger partial charge in [-0.3, -0.25) is 4.79 Å². The van der Waals surface area contributed by atoms with E-state index in [0.717, 1.165) is 5.57 Å². The maximum atomic E-state index is 12.7. The van der Waals surface area contributed by atoms with E-state index in [1.165, 1.54) is 19.2 Å². The number of benzene rings is 2. The third-order valence-electron chi connectivity index (χ3n) is 4.22. The van der Waals surface area contributed by atoms with E-state index in [1.54, 1.807) is 24.3 Å². The van der Waals surface area contributed by atoms with Crippen molar-refractivity contribution in [1.29, 1.82) is 0 Å². The lowest BCUT2D eigenvalue weighted by Crippen LogP contribution is -2.06. The molecule has 2 aromatic carbocycles. The summed E-state index contributed by atoms with van der Waals surface area (Å²) in [6, 6.07) is 9.78. The van der Waals surface area contributed by atoms with Gasteiger partial charge in [-0.25, -0.2) is 0 Å². The third kappa shape index (κ3) is 4.21. The van der Waals surface area contributed by atoms with Gasteiger partial charge in [0.2, 0.25) is 0 Å². The molecule has 0 aliphatic heterocycles. The van der Waals surface area contributed by atoms with Gasteiger partial charge in [0.05, 0.1) is 0 Å². The minimum Gasteiger partial charge on any atom is -0.507 e. The summed E-state index contributed by atoms with van der Waals surface area (Å²) in [4.78, 5) is 12.7.